The van der Waals surface area contributed by atoms with Crippen LogP contribution in [-0.2, 0) is 0 Å². The number of benzene rings is 1. The van der Waals surface area contributed by atoms with Crippen LogP contribution in [0.15, 0.2) is 18.3 Å². The van der Waals surface area contributed by atoms with E-state index in [1.54, 1.807) is 6.20 Å². The van der Waals surface area contributed by atoms with Gasteiger partial charge in [-0.2, -0.15) is 0 Å². The first-order valence-corrected chi connectivity index (χ1v) is 5.06. The Balaban J connectivity index is 2.89. The van der Waals surface area contributed by atoms with E-state index in [2.05, 4.69) is 4.98 Å². The van der Waals surface area contributed by atoms with Crippen molar-refractivity contribution in [1.29, 1.82) is 0 Å². The van der Waals surface area contributed by atoms with E-state index >= 15 is 0 Å². The topological polar surface area (TPSA) is 12.9 Å². The Hall–Kier alpha value is -0.790. The zero-order valence-electron chi connectivity index (χ0n) is 7.94. The molecular formula is C11H9Cl2N. The molecule has 2 aromatic rings. The Morgan fingerprint density at radius 2 is 1.79 bits per heavy atom. The van der Waals surface area contributed by atoms with E-state index in [0.717, 1.165) is 32.1 Å². The summed E-state index contributed by atoms with van der Waals surface area (Å²) in [4.78, 5) is 4.27. The van der Waals surface area contributed by atoms with Gasteiger partial charge in [-0.3, -0.25) is 4.98 Å². The molecule has 72 valence electrons. The van der Waals surface area contributed by atoms with Crippen molar-refractivity contribution >= 4 is 34.1 Å². The molecule has 0 fully saturated rings. The third kappa shape index (κ3) is 1.47. The molecule has 0 atom stereocenters. The van der Waals surface area contributed by atoms with Crippen molar-refractivity contribution < 1.29 is 0 Å². The van der Waals surface area contributed by atoms with Crippen molar-refractivity contribution in [3.63, 3.8) is 0 Å². The quantitative estimate of drug-likeness (QED) is 0.657. The van der Waals surface area contributed by atoms with Crippen molar-refractivity contribution in [3.05, 3.63) is 39.5 Å². The van der Waals surface area contributed by atoms with Gasteiger partial charge in [-0.15, -0.1) is 0 Å². The van der Waals surface area contributed by atoms with Gasteiger partial charge in [0.2, 0.25) is 0 Å². The Kier molecular flexibility index (Phi) is 2.38. The Morgan fingerprint density at radius 1 is 1.07 bits per heavy atom. The second kappa shape index (κ2) is 3.41. The summed E-state index contributed by atoms with van der Waals surface area (Å²) in [5, 5.41) is 2.45. The fourth-order valence-electron chi connectivity index (χ4n) is 1.39. The molecule has 14 heavy (non-hydrogen) atoms. The van der Waals surface area contributed by atoms with Crippen LogP contribution in [0.1, 0.15) is 11.1 Å². The second-order valence-corrected chi connectivity index (χ2v) is 4.16. The third-order valence-corrected chi connectivity index (χ3v) is 3.17. The van der Waals surface area contributed by atoms with E-state index in [-0.39, 0.29) is 0 Å². The largest absolute Gasteiger partial charge is 0.256 e. The molecule has 0 aliphatic heterocycles. The summed E-state index contributed by atoms with van der Waals surface area (Å²) in [6, 6.07) is 3.82. The highest BCUT2D eigenvalue weighted by Crippen LogP contribution is 2.29. The molecule has 1 aromatic heterocycles. The van der Waals surface area contributed by atoms with Gasteiger partial charge in [0.15, 0.2) is 0 Å². The van der Waals surface area contributed by atoms with Gasteiger partial charge >= 0.3 is 0 Å². The van der Waals surface area contributed by atoms with Crippen LogP contribution in [0.3, 0.4) is 0 Å². The molecule has 0 unspecified atom stereocenters. The van der Waals surface area contributed by atoms with Crippen molar-refractivity contribution in [3.8, 4) is 0 Å². The molecule has 0 saturated heterocycles. The standard InChI is InChI=1S/C11H9Cl2N/c1-6-3-8-10(4-9(6)12)14-5-7(2)11(8)13/h3-5H,1-2H3. The van der Waals surface area contributed by atoms with E-state index < -0.39 is 0 Å². The van der Waals surface area contributed by atoms with Gasteiger partial charge in [-0.05, 0) is 37.1 Å². The number of aryl methyl sites for hydroxylation is 2. The average Bonchev–Trinajstić information content (AvgIpc) is 2.15. The van der Waals surface area contributed by atoms with Crippen molar-refractivity contribution in [1.82, 2.24) is 4.98 Å². The lowest BCUT2D eigenvalue weighted by Crippen LogP contribution is -1.86. The van der Waals surface area contributed by atoms with Gasteiger partial charge < -0.3 is 0 Å². The van der Waals surface area contributed by atoms with Gasteiger partial charge in [-0.1, -0.05) is 23.2 Å². The number of hydrogen-bond acceptors (Lipinski definition) is 1. The van der Waals surface area contributed by atoms with Crippen LogP contribution < -0.4 is 0 Å². The number of pyridine rings is 1. The average molecular weight is 226 g/mol. The highest BCUT2D eigenvalue weighted by atomic mass is 35.5. The number of rotatable bonds is 0. The van der Waals surface area contributed by atoms with Crippen LogP contribution in [-0.4, -0.2) is 4.98 Å². The van der Waals surface area contributed by atoms with Crippen LogP contribution >= 0.6 is 23.2 Å². The Labute approximate surface area is 92.7 Å². The van der Waals surface area contributed by atoms with Crippen LogP contribution in [0.2, 0.25) is 10.0 Å². The fourth-order valence-corrected chi connectivity index (χ4v) is 1.75. The maximum Gasteiger partial charge on any atom is 0.0732 e. The number of aromatic nitrogens is 1. The van der Waals surface area contributed by atoms with Gasteiger partial charge in [0, 0.05) is 16.6 Å². The van der Waals surface area contributed by atoms with E-state index in [1.165, 1.54) is 0 Å². The van der Waals surface area contributed by atoms with Gasteiger partial charge in [0.1, 0.15) is 0 Å². The molecule has 0 aliphatic rings. The highest BCUT2D eigenvalue weighted by molar-refractivity contribution is 6.37. The van der Waals surface area contributed by atoms with Gasteiger partial charge in [0.25, 0.3) is 0 Å². The maximum atomic E-state index is 6.17. The van der Waals surface area contributed by atoms with Crippen LogP contribution in [0.4, 0.5) is 0 Å². The second-order valence-electron chi connectivity index (χ2n) is 3.37. The molecule has 0 saturated carbocycles. The zero-order chi connectivity index (χ0) is 10.3. The van der Waals surface area contributed by atoms with Crippen molar-refractivity contribution in [2.24, 2.45) is 0 Å². The predicted octanol–water partition coefficient (Wildman–Crippen LogP) is 4.16. The monoisotopic (exact) mass is 225 g/mol. The van der Waals surface area contributed by atoms with Crippen LogP contribution in [0, 0.1) is 13.8 Å². The minimum Gasteiger partial charge on any atom is -0.256 e. The fraction of sp³-hybridized carbons (Fsp3) is 0.182. The first kappa shape index (κ1) is 9.75. The third-order valence-electron chi connectivity index (χ3n) is 2.26. The van der Waals surface area contributed by atoms with Gasteiger partial charge in [-0.25, -0.2) is 0 Å². The van der Waals surface area contributed by atoms with Crippen molar-refractivity contribution in [2.75, 3.05) is 0 Å². The van der Waals surface area contributed by atoms with Gasteiger partial charge in [0.05, 0.1) is 10.5 Å². The molecule has 1 heterocycles. The lowest BCUT2D eigenvalue weighted by atomic mass is 10.1. The molecule has 2 rings (SSSR count). The van der Waals surface area contributed by atoms with Crippen LogP contribution in [0.25, 0.3) is 10.9 Å². The molecule has 1 aromatic carbocycles. The molecule has 0 N–H and O–H groups in total. The first-order valence-electron chi connectivity index (χ1n) is 4.30. The molecule has 0 bridgehead atoms. The maximum absolute atomic E-state index is 6.17. The summed E-state index contributed by atoms with van der Waals surface area (Å²) in [6.07, 6.45) is 1.76. The van der Waals surface area contributed by atoms with E-state index in [9.17, 15) is 0 Å². The number of halogens is 2. The minimum atomic E-state index is 0.727. The number of hydrogen-bond donors (Lipinski definition) is 0. The summed E-state index contributed by atoms with van der Waals surface area (Å²) in [6.45, 7) is 3.90. The molecule has 0 spiro atoms. The summed E-state index contributed by atoms with van der Waals surface area (Å²) >= 11 is 12.2. The summed E-state index contributed by atoms with van der Waals surface area (Å²) in [5.41, 5.74) is 2.85. The Bertz CT molecular complexity index is 506. The van der Waals surface area contributed by atoms with Crippen molar-refractivity contribution in [2.45, 2.75) is 13.8 Å². The normalized spacial score (nSPS) is 10.9. The summed E-state index contributed by atoms with van der Waals surface area (Å²) in [5.74, 6) is 0. The molecule has 0 radical (unpaired) electrons. The Morgan fingerprint density at radius 3 is 2.50 bits per heavy atom. The smallest absolute Gasteiger partial charge is 0.0732 e. The molecule has 1 nitrogen and oxygen atoms in total. The highest BCUT2D eigenvalue weighted by Gasteiger charge is 2.05. The first-order chi connectivity index (χ1) is 6.59. The zero-order valence-corrected chi connectivity index (χ0v) is 9.45. The lowest BCUT2D eigenvalue weighted by Gasteiger charge is -2.05. The molecule has 3 heteroatoms. The minimum absolute atomic E-state index is 0.727. The number of fused-ring (bicyclic) bond motifs is 1. The predicted molar refractivity (Wildman–Crippen MR) is 61.2 cm³/mol. The molecular weight excluding hydrogens is 217 g/mol. The van der Waals surface area contributed by atoms with E-state index in [0.29, 0.717) is 0 Å². The summed E-state index contributed by atoms with van der Waals surface area (Å²) in [7, 11) is 0. The van der Waals surface area contributed by atoms with E-state index in [1.807, 2.05) is 26.0 Å². The molecule has 0 amide bonds. The SMILES string of the molecule is Cc1cc2c(Cl)c(C)cnc2cc1Cl. The molecule has 0 aliphatic carbocycles. The number of nitrogens with zero attached hydrogens (tertiary/aromatic N) is 1. The van der Waals surface area contributed by atoms with E-state index in [4.69, 9.17) is 23.2 Å². The lowest BCUT2D eigenvalue weighted by molar-refractivity contribution is 1.33. The van der Waals surface area contributed by atoms with Crippen LogP contribution in [0.5, 0.6) is 0 Å². The summed E-state index contributed by atoms with van der Waals surface area (Å²) < 4.78 is 0.